The van der Waals surface area contributed by atoms with Crippen LogP contribution in [-0.4, -0.2) is 53.3 Å². The van der Waals surface area contributed by atoms with Crippen LogP contribution in [0.3, 0.4) is 0 Å². The molecule has 4 rings (SSSR count). The summed E-state index contributed by atoms with van der Waals surface area (Å²) < 4.78 is 0. The Hall–Kier alpha value is -3.14. The number of carbonyl (C=O) groups is 1. The molecule has 0 aromatic carbocycles. The molecule has 8 nitrogen and oxygen atoms in total. The van der Waals surface area contributed by atoms with E-state index in [0.29, 0.717) is 11.4 Å². The van der Waals surface area contributed by atoms with Crippen LogP contribution in [-0.2, 0) is 0 Å². The third-order valence-corrected chi connectivity index (χ3v) is 6.69. The summed E-state index contributed by atoms with van der Waals surface area (Å²) in [4.78, 5) is 26.1. The summed E-state index contributed by atoms with van der Waals surface area (Å²) in [5, 5.41) is 15.7. The number of pyridine rings is 2. The van der Waals surface area contributed by atoms with Crippen molar-refractivity contribution in [3.05, 3.63) is 63.7 Å². The first-order valence-electron chi connectivity index (χ1n) is 10.5. The van der Waals surface area contributed by atoms with Gasteiger partial charge in [-0.1, -0.05) is 0 Å². The molecule has 3 aromatic rings. The van der Waals surface area contributed by atoms with Crippen LogP contribution >= 0.6 is 11.3 Å². The lowest BCUT2D eigenvalue weighted by molar-refractivity contribution is -0.479. The van der Waals surface area contributed by atoms with Gasteiger partial charge in [-0.05, 0) is 39.1 Å². The summed E-state index contributed by atoms with van der Waals surface area (Å²) in [6, 6.07) is 9.63. The van der Waals surface area contributed by atoms with Crippen LogP contribution in [0.1, 0.15) is 26.9 Å². The number of nitrogens with one attached hydrogen (secondary N) is 3. The van der Waals surface area contributed by atoms with Gasteiger partial charge in [0.25, 0.3) is 0 Å². The molecule has 0 bridgehead atoms. The van der Waals surface area contributed by atoms with Crippen LogP contribution in [0.5, 0.6) is 0 Å². The number of carbonyl (C=O) groups excluding carboxylic acids is 1. The Bertz CT molecular complexity index is 1130. The fourth-order valence-electron chi connectivity index (χ4n) is 4.04. The second-order valence-corrected chi connectivity index (χ2v) is 9.52. The third-order valence-electron chi connectivity index (χ3n) is 5.55. The number of nitrogens with zero attached hydrogens (tertiary/aromatic N) is 3. The normalized spacial score (nSPS) is 18.5. The van der Waals surface area contributed by atoms with Gasteiger partial charge in [-0.15, -0.1) is 11.3 Å². The summed E-state index contributed by atoms with van der Waals surface area (Å²) in [5.74, 6) is 0.689. The summed E-state index contributed by atoms with van der Waals surface area (Å²) in [6.07, 6.45) is 4.70. The lowest BCUT2D eigenvalue weighted by atomic mass is 10.0. The number of urea groups is 1. The number of likely N-dealkylation sites (N-methyl/N-ethyl adjacent to an activating group) is 1. The SMILES string of the molecule is Cc1cc([NH2+]c2cnc(NC(=O)NC3CN(C)CC3c3ccc(C)s3)cc2C=N)ccn1. The first-order valence-corrected chi connectivity index (χ1v) is 11.3. The van der Waals surface area contributed by atoms with E-state index in [1.54, 1.807) is 29.8 Å². The minimum Gasteiger partial charge on any atom is -0.333 e. The predicted octanol–water partition coefficient (Wildman–Crippen LogP) is 2.90. The number of amides is 2. The van der Waals surface area contributed by atoms with E-state index in [1.807, 2.05) is 24.4 Å². The number of hydrogen-bond donors (Lipinski definition) is 4. The number of rotatable bonds is 6. The Kier molecular flexibility index (Phi) is 6.59. The van der Waals surface area contributed by atoms with Crippen molar-refractivity contribution in [3.63, 3.8) is 0 Å². The number of aromatic nitrogens is 2. The zero-order valence-electron chi connectivity index (χ0n) is 18.4. The van der Waals surface area contributed by atoms with Crippen molar-refractivity contribution < 1.29 is 10.1 Å². The molecule has 1 aliphatic rings. The Morgan fingerprint density at radius 2 is 2.09 bits per heavy atom. The Morgan fingerprint density at radius 3 is 2.81 bits per heavy atom. The summed E-state index contributed by atoms with van der Waals surface area (Å²) >= 11 is 1.79. The Labute approximate surface area is 191 Å². The molecule has 9 heteroatoms. The molecule has 4 heterocycles. The molecular formula is C23H28N7OS+. The quantitative estimate of drug-likeness (QED) is 0.433. The third kappa shape index (κ3) is 5.18. The second-order valence-electron chi connectivity index (χ2n) is 8.20. The predicted molar refractivity (Wildman–Crippen MR) is 128 cm³/mol. The van der Waals surface area contributed by atoms with Gasteiger partial charge in [0.2, 0.25) is 0 Å². The van der Waals surface area contributed by atoms with Gasteiger partial charge in [-0.25, -0.2) is 9.78 Å². The van der Waals surface area contributed by atoms with E-state index in [4.69, 9.17) is 5.41 Å². The zero-order valence-corrected chi connectivity index (χ0v) is 19.2. The number of hydrogen-bond acceptors (Lipinski definition) is 6. The molecule has 0 saturated carbocycles. The molecule has 0 aliphatic carbocycles. The molecule has 166 valence electrons. The molecule has 5 N–H and O–H groups in total. The van der Waals surface area contributed by atoms with E-state index in [1.165, 1.54) is 16.0 Å². The molecular weight excluding hydrogens is 422 g/mol. The van der Waals surface area contributed by atoms with Crippen LogP contribution in [0.2, 0.25) is 0 Å². The van der Waals surface area contributed by atoms with E-state index in [9.17, 15) is 4.79 Å². The van der Waals surface area contributed by atoms with Crippen molar-refractivity contribution in [3.8, 4) is 0 Å². The van der Waals surface area contributed by atoms with E-state index >= 15 is 0 Å². The molecule has 2 atom stereocenters. The van der Waals surface area contributed by atoms with E-state index < -0.39 is 0 Å². The maximum Gasteiger partial charge on any atom is 0.320 e. The highest BCUT2D eigenvalue weighted by molar-refractivity contribution is 7.12. The lowest BCUT2D eigenvalue weighted by Crippen LogP contribution is -2.71. The van der Waals surface area contributed by atoms with Crippen LogP contribution < -0.4 is 16.0 Å². The van der Waals surface area contributed by atoms with Gasteiger partial charge in [-0.3, -0.25) is 15.6 Å². The van der Waals surface area contributed by atoms with Gasteiger partial charge < -0.3 is 15.6 Å². The molecule has 1 aliphatic heterocycles. The second kappa shape index (κ2) is 9.56. The average Bonchev–Trinajstić information content (AvgIpc) is 3.34. The molecule has 3 aromatic heterocycles. The first kappa shape index (κ1) is 22.1. The molecule has 1 fully saturated rings. The highest BCUT2D eigenvalue weighted by Crippen LogP contribution is 2.32. The number of likely N-dealkylation sites (tertiary alicyclic amines) is 1. The fraction of sp³-hybridized carbons (Fsp3) is 0.304. The molecule has 32 heavy (non-hydrogen) atoms. The average molecular weight is 451 g/mol. The number of quaternary nitrogens is 1. The molecule has 1 saturated heterocycles. The number of nitrogens with two attached hydrogens (primary N) is 1. The van der Waals surface area contributed by atoms with Crippen molar-refractivity contribution in [2.75, 3.05) is 25.5 Å². The van der Waals surface area contributed by atoms with Gasteiger partial charge >= 0.3 is 6.03 Å². The van der Waals surface area contributed by atoms with Gasteiger partial charge in [0.05, 0.1) is 17.8 Å². The van der Waals surface area contributed by atoms with Crippen molar-refractivity contribution in [2.24, 2.45) is 0 Å². The monoisotopic (exact) mass is 450 g/mol. The largest absolute Gasteiger partial charge is 0.333 e. The van der Waals surface area contributed by atoms with Gasteiger partial charge in [-0.2, -0.15) is 0 Å². The summed E-state index contributed by atoms with van der Waals surface area (Å²) in [6.45, 7) is 5.75. The molecule has 0 spiro atoms. The summed E-state index contributed by atoms with van der Waals surface area (Å²) in [5.41, 5.74) is 3.40. The molecule has 2 unspecified atom stereocenters. The van der Waals surface area contributed by atoms with Gasteiger partial charge in [0.15, 0.2) is 5.69 Å². The zero-order chi connectivity index (χ0) is 22.7. The minimum absolute atomic E-state index is 0.0304. The minimum atomic E-state index is -0.284. The maximum absolute atomic E-state index is 12.7. The van der Waals surface area contributed by atoms with Crippen LogP contribution in [0.15, 0.2) is 42.7 Å². The van der Waals surface area contributed by atoms with E-state index in [2.05, 4.69) is 51.6 Å². The van der Waals surface area contributed by atoms with Crippen molar-refractivity contribution in [1.29, 1.82) is 5.41 Å². The molecule has 0 radical (unpaired) electrons. The fourth-order valence-corrected chi connectivity index (χ4v) is 5.07. The van der Waals surface area contributed by atoms with Crippen LogP contribution in [0.25, 0.3) is 0 Å². The number of thiophene rings is 1. The van der Waals surface area contributed by atoms with Crippen LogP contribution in [0, 0.1) is 19.3 Å². The lowest BCUT2D eigenvalue weighted by Gasteiger charge is -2.19. The highest BCUT2D eigenvalue weighted by atomic mass is 32.1. The van der Waals surface area contributed by atoms with E-state index in [-0.39, 0.29) is 18.0 Å². The Balaban J connectivity index is 1.43. The standard InChI is InChI=1S/C23H27N7OS/c1-14-8-17(6-7-25-14)27-19-11-26-22(9-16(19)10-24)29-23(31)28-20-13-30(3)12-18(20)21-5-4-15(2)32-21/h4-11,18,20,24H,12-13H2,1-3H3,(H,25,27)(H2,26,28,29,31)/p+1. The first-order chi connectivity index (χ1) is 15.4. The highest BCUT2D eigenvalue weighted by Gasteiger charge is 2.34. The number of aryl methyl sites for hydroxylation is 2. The number of anilines is 1. The van der Waals surface area contributed by atoms with Crippen LogP contribution in [0.4, 0.5) is 22.0 Å². The molecule has 2 amide bonds. The Morgan fingerprint density at radius 1 is 1.25 bits per heavy atom. The van der Waals surface area contributed by atoms with Gasteiger partial charge in [0, 0.05) is 59.0 Å². The van der Waals surface area contributed by atoms with Gasteiger partial charge in [0.1, 0.15) is 11.5 Å². The smallest absolute Gasteiger partial charge is 0.320 e. The maximum atomic E-state index is 12.7. The topological polar surface area (TPSA) is 111 Å². The van der Waals surface area contributed by atoms with E-state index in [0.717, 1.165) is 30.2 Å². The summed E-state index contributed by atoms with van der Waals surface area (Å²) in [7, 11) is 2.07. The van der Waals surface area contributed by atoms with Crippen molar-refractivity contribution in [1.82, 2.24) is 20.2 Å². The van der Waals surface area contributed by atoms with Crippen molar-refractivity contribution >= 4 is 40.8 Å². The van der Waals surface area contributed by atoms with Crippen molar-refractivity contribution in [2.45, 2.75) is 25.8 Å².